The van der Waals surface area contributed by atoms with Crippen molar-refractivity contribution in [1.82, 2.24) is 15.3 Å². The zero-order valence-corrected chi connectivity index (χ0v) is 16.2. The predicted molar refractivity (Wildman–Crippen MR) is 115 cm³/mol. The zero-order chi connectivity index (χ0) is 19.4. The SMILES string of the molecule is O=C(NCCCCCCCCNc1ccnc2ccccc12)c1ccncc1. The number of aromatic nitrogens is 2. The monoisotopic (exact) mass is 376 g/mol. The lowest BCUT2D eigenvalue weighted by molar-refractivity contribution is 0.0953. The first-order valence-corrected chi connectivity index (χ1v) is 10.1. The van der Waals surface area contributed by atoms with E-state index in [4.69, 9.17) is 0 Å². The molecule has 5 nitrogen and oxygen atoms in total. The second kappa shape index (κ2) is 11.0. The van der Waals surface area contributed by atoms with Crippen LogP contribution in [0.1, 0.15) is 48.9 Å². The lowest BCUT2D eigenvalue weighted by Crippen LogP contribution is -2.24. The molecule has 146 valence electrons. The third kappa shape index (κ3) is 6.05. The van der Waals surface area contributed by atoms with Crippen molar-refractivity contribution in [3.8, 4) is 0 Å². The summed E-state index contributed by atoms with van der Waals surface area (Å²) in [6.45, 7) is 1.72. The number of hydrogen-bond donors (Lipinski definition) is 2. The van der Waals surface area contributed by atoms with Gasteiger partial charge in [-0.15, -0.1) is 0 Å². The molecule has 0 fully saturated rings. The highest BCUT2D eigenvalue weighted by Crippen LogP contribution is 2.20. The summed E-state index contributed by atoms with van der Waals surface area (Å²) in [4.78, 5) is 20.2. The number of unbranched alkanes of at least 4 members (excludes halogenated alkanes) is 5. The van der Waals surface area contributed by atoms with Crippen LogP contribution >= 0.6 is 0 Å². The van der Waals surface area contributed by atoms with Crippen molar-refractivity contribution in [3.63, 3.8) is 0 Å². The van der Waals surface area contributed by atoms with Gasteiger partial charge >= 0.3 is 0 Å². The maximum atomic E-state index is 11.9. The normalized spacial score (nSPS) is 10.7. The first kappa shape index (κ1) is 19.8. The van der Waals surface area contributed by atoms with Gasteiger partial charge in [-0.05, 0) is 37.1 Å². The minimum Gasteiger partial charge on any atom is -0.384 e. The molecule has 1 aromatic carbocycles. The Morgan fingerprint density at radius 3 is 2.32 bits per heavy atom. The lowest BCUT2D eigenvalue weighted by Gasteiger charge is -2.09. The first-order chi connectivity index (χ1) is 13.8. The summed E-state index contributed by atoms with van der Waals surface area (Å²) in [7, 11) is 0. The van der Waals surface area contributed by atoms with E-state index < -0.39 is 0 Å². The van der Waals surface area contributed by atoms with Crippen LogP contribution in [0.15, 0.2) is 61.1 Å². The van der Waals surface area contributed by atoms with Crippen LogP contribution in [0.2, 0.25) is 0 Å². The van der Waals surface area contributed by atoms with Crippen molar-refractivity contribution in [2.75, 3.05) is 18.4 Å². The Balaban J connectivity index is 1.22. The summed E-state index contributed by atoms with van der Waals surface area (Å²) < 4.78 is 0. The molecule has 0 aliphatic heterocycles. The Morgan fingerprint density at radius 1 is 0.786 bits per heavy atom. The summed E-state index contributed by atoms with van der Waals surface area (Å²) >= 11 is 0. The number of carbonyl (C=O) groups excluding carboxylic acids is 1. The number of hydrogen-bond acceptors (Lipinski definition) is 4. The zero-order valence-electron chi connectivity index (χ0n) is 16.2. The third-order valence-electron chi connectivity index (χ3n) is 4.80. The van der Waals surface area contributed by atoms with Gasteiger partial charge in [-0.3, -0.25) is 14.8 Å². The largest absolute Gasteiger partial charge is 0.384 e. The highest BCUT2D eigenvalue weighted by atomic mass is 16.1. The summed E-state index contributed by atoms with van der Waals surface area (Å²) in [5.41, 5.74) is 2.86. The van der Waals surface area contributed by atoms with Gasteiger partial charge in [-0.25, -0.2) is 0 Å². The molecule has 3 aromatic rings. The number of rotatable bonds is 11. The van der Waals surface area contributed by atoms with Gasteiger partial charge in [0.05, 0.1) is 5.52 Å². The van der Waals surface area contributed by atoms with Gasteiger partial charge in [0, 0.05) is 48.3 Å². The van der Waals surface area contributed by atoms with Crippen LogP contribution in [0.3, 0.4) is 0 Å². The number of fused-ring (bicyclic) bond motifs is 1. The number of anilines is 1. The average molecular weight is 377 g/mol. The molecule has 2 N–H and O–H groups in total. The van der Waals surface area contributed by atoms with Crippen molar-refractivity contribution in [1.29, 1.82) is 0 Å². The van der Waals surface area contributed by atoms with Crippen molar-refractivity contribution in [3.05, 3.63) is 66.6 Å². The molecule has 2 aromatic heterocycles. The smallest absolute Gasteiger partial charge is 0.251 e. The molecule has 3 rings (SSSR count). The Hall–Kier alpha value is -2.95. The number of nitrogens with one attached hydrogen (secondary N) is 2. The minimum absolute atomic E-state index is 0.0166. The maximum Gasteiger partial charge on any atom is 0.251 e. The van der Waals surface area contributed by atoms with Crippen LogP contribution in [0.5, 0.6) is 0 Å². The van der Waals surface area contributed by atoms with Crippen molar-refractivity contribution >= 4 is 22.5 Å². The molecule has 0 spiro atoms. The maximum absolute atomic E-state index is 11.9. The quantitative estimate of drug-likeness (QED) is 0.471. The van der Waals surface area contributed by atoms with Crippen LogP contribution in [-0.2, 0) is 0 Å². The van der Waals surface area contributed by atoms with E-state index in [0.29, 0.717) is 5.56 Å². The molecule has 0 saturated carbocycles. The summed E-state index contributed by atoms with van der Waals surface area (Å²) in [6, 6.07) is 13.7. The van der Waals surface area contributed by atoms with Gasteiger partial charge in [0.1, 0.15) is 0 Å². The second-order valence-corrected chi connectivity index (χ2v) is 6.92. The fraction of sp³-hybridized carbons (Fsp3) is 0.348. The van der Waals surface area contributed by atoms with E-state index in [0.717, 1.165) is 43.6 Å². The van der Waals surface area contributed by atoms with Crippen molar-refractivity contribution in [2.45, 2.75) is 38.5 Å². The topological polar surface area (TPSA) is 66.9 Å². The Bertz CT molecular complexity index is 861. The third-order valence-corrected chi connectivity index (χ3v) is 4.80. The molecular weight excluding hydrogens is 348 g/mol. The van der Waals surface area contributed by atoms with Gasteiger partial charge < -0.3 is 10.6 Å². The number of benzene rings is 1. The van der Waals surface area contributed by atoms with E-state index in [1.165, 1.54) is 24.6 Å². The molecule has 0 saturated heterocycles. The summed E-state index contributed by atoms with van der Waals surface area (Å²) in [6.07, 6.45) is 12.1. The summed E-state index contributed by atoms with van der Waals surface area (Å²) in [5.74, 6) is -0.0166. The summed E-state index contributed by atoms with van der Waals surface area (Å²) in [5, 5.41) is 7.68. The van der Waals surface area contributed by atoms with E-state index >= 15 is 0 Å². The van der Waals surface area contributed by atoms with Crippen LogP contribution in [0.25, 0.3) is 10.9 Å². The predicted octanol–water partition coefficient (Wildman–Crippen LogP) is 4.81. The van der Waals surface area contributed by atoms with Crippen LogP contribution in [0, 0.1) is 0 Å². The number of para-hydroxylation sites is 1. The molecule has 0 unspecified atom stereocenters. The number of nitrogens with zero attached hydrogens (tertiary/aromatic N) is 2. The van der Waals surface area contributed by atoms with Crippen molar-refractivity contribution in [2.24, 2.45) is 0 Å². The molecule has 2 heterocycles. The molecule has 1 amide bonds. The van der Waals surface area contributed by atoms with Crippen molar-refractivity contribution < 1.29 is 4.79 Å². The van der Waals surface area contributed by atoms with E-state index in [-0.39, 0.29) is 5.91 Å². The Labute approximate surface area is 166 Å². The van der Waals surface area contributed by atoms with Gasteiger partial charge in [0.15, 0.2) is 0 Å². The highest BCUT2D eigenvalue weighted by molar-refractivity contribution is 5.94. The standard InChI is InChI=1S/C23H28N4O/c28-23(19-11-16-24-17-12-19)27-15-8-4-2-1-3-7-14-25-22-13-18-26-21-10-6-5-9-20(21)22/h5-6,9-13,16-18H,1-4,7-8,14-15H2,(H,25,26)(H,27,28). The molecule has 0 radical (unpaired) electrons. The van der Waals surface area contributed by atoms with Gasteiger partial charge in [0.25, 0.3) is 5.91 Å². The van der Waals surface area contributed by atoms with E-state index in [9.17, 15) is 4.79 Å². The number of carbonyl (C=O) groups is 1. The molecule has 0 aliphatic carbocycles. The minimum atomic E-state index is -0.0166. The molecule has 0 bridgehead atoms. The Morgan fingerprint density at radius 2 is 1.50 bits per heavy atom. The number of amides is 1. The fourth-order valence-electron chi connectivity index (χ4n) is 3.24. The van der Waals surface area contributed by atoms with Crippen LogP contribution in [0.4, 0.5) is 5.69 Å². The van der Waals surface area contributed by atoms with Crippen LogP contribution < -0.4 is 10.6 Å². The molecule has 0 aliphatic rings. The Kier molecular flexibility index (Phi) is 7.79. The second-order valence-electron chi connectivity index (χ2n) is 6.92. The van der Waals surface area contributed by atoms with Gasteiger partial charge in [-0.2, -0.15) is 0 Å². The number of pyridine rings is 2. The van der Waals surface area contributed by atoms with Gasteiger partial charge in [0.2, 0.25) is 0 Å². The molecule has 28 heavy (non-hydrogen) atoms. The first-order valence-electron chi connectivity index (χ1n) is 10.1. The lowest BCUT2D eigenvalue weighted by atomic mass is 10.1. The molecule has 0 atom stereocenters. The molecule has 5 heteroatoms. The van der Waals surface area contributed by atoms with E-state index in [1.54, 1.807) is 24.5 Å². The molecular formula is C23H28N4O. The average Bonchev–Trinajstić information content (AvgIpc) is 2.75. The fourth-order valence-corrected chi connectivity index (χ4v) is 3.24. The van der Waals surface area contributed by atoms with E-state index in [2.05, 4.69) is 32.7 Å². The van der Waals surface area contributed by atoms with Crippen LogP contribution in [-0.4, -0.2) is 29.0 Å². The van der Waals surface area contributed by atoms with E-state index in [1.807, 2.05) is 24.4 Å². The highest BCUT2D eigenvalue weighted by Gasteiger charge is 2.03. The van der Waals surface area contributed by atoms with Gasteiger partial charge in [-0.1, -0.05) is 43.9 Å².